The van der Waals surface area contributed by atoms with Gasteiger partial charge in [0.15, 0.2) is 0 Å². The molecule has 1 aromatic heterocycles. The topological polar surface area (TPSA) is 56.3 Å². The molecule has 0 aliphatic carbocycles. The first-order valence-corrected chi connectivity index (χ1v) is 10.1. The SMILES string of the molecule is Cc1cccc(C)c1Nc1nccc(Nc2ccc(N3CCN(C)CC3)cc2)n1. The van der Waals surface area contributed by atoms with Crippen molar-refractivity contribution in [2.24, 2.45) is 0 Å². The van der Waals surface area contributed by atoms with Crippen molar-refractivity contribution in [1.82, 2.24) is 14.9 Å². The molecule has 1 saturated heterocycles. The first-order chi connectivity index (χ1) is 14.1. The molecule has 150 valence electrons. The summed E-state index contributed by atoms with van der Waals surface area (Å²) in [6, 6.07) is 16.7. The van der Waals surface area contributed by atoms with Crippen LogP contribution in [-0.2, 0) is 0 Å². The van der Waals surface area contributed by atoms with E-state index in [-0.39, 0.29) is 0 Å². The number of para-hydroxylation sites is 1. The summed E-state index contributed by atoms with van der Waals surface area (Å²) >= 11 is 0. The van der Waals surface area contributed by atoms with Gasteiger partial charge in [0.25, 0.3) is 0 Å². The van der Waals surface area contributed by atoms with Gasteiger partial charge in [-0.1, -0.05) is 18.2 Å². The lowest BCUT2D eigenvalue weighted by Gasteiger charge is -2.34. The molecule has 29 heavy (non-hydrogen) atoms. The zero-order valence-electron chi connectivity index (χ0n) is 17.3. The van der Waals surface area contributed by atoms with E-state index in [2.05, 4.69) is 93.8 Å². The van der Waals surface area contributed by atoms with Crippen molar-refractivity contribution in [2.45, 2.75) is 13.8 Å². The highest BCUT2D eigenvalue weighted by Crippen LogP contribution is 2.24. The van der Waals surface area contributed by atoms with Gasteiger partial charge >= 0.3 is 0 Å². The normalized spacial score (nSPS) is 14.7. The fourth-order valence-electron chi connectivity index (χ4n) is 3.58. The predicted molar refractivity (Wildman–Crippen MR) is 121 cm³/mol. The first kappa shape index (κ1) is 19.2. The smallest absolute Gasteiger partial charge is 0.229 e. The van der Waals surface area contributed by atoms with Crippen LogP contribution >= 0.6 is 0 Å². The number of hydrogen-bond donors (Lipinski definition) is 2. The van der Waals surface area contributed by atoms with Crippen LogP contribution in [0.25, 0.3) is 0 Å². The summed E-state index contributed by atoms with van der Waals surface area (Å²) in [7, 11) is 2.18. The lowest BCUT2D eigenvalue weighted by Crippen LogP contribution is -2.44. The van der Waals surface area contributed by atoms with Crippen LogP contribution in [0.2, 0.25) is 0 Å². The monoisotopic (exact) mass is 388 g/mol. The van der Waals surface area contributed by atoms with Gasteiger partial charge in [0.1, 0.15) is 5.82 Å². The van der Waals surface area contributed by atoms with Gasteiger partial charge in [0, 0.05) is 49.4 Å². The maximum Gasteiger partial charge on any atom is 0.229 e. The van der Waals surface area contributed by atoms with Crippen molar-refractivity contribution in [3.8, 4) is 0 Å². The van der Waals surface area contributed by atoms with Crippen molar-refractivity contribution in [1.29, 1.82) is 0 Å². The van der Waals surface area contributed by atoms with Crippen LogP contribution in [0.5, 0.6) is 0 Å². The number of nitrogens with one attached hydrogen (secondary N) is 2. The van der Waals surface area contributed by atoms with Crippen molar-refractivity contribution >= 4 is 28.8 Å². The van der Waals surface area contributed by atoms with Gasteiger partial charge in [-0.15, -0.1) is 0 Å². The van der Waals surface area contributed by atoms with Gasteiger partial charge in [-0.3, -0.25) is 0 Å². The van der Waals surface area contributed by atoms with E-state index in [0.717, 1.165) is 43.4 Å². The van der Waals surface area contributed by atoms with Gasteiger partial charge in [-0.25, -0.2) is 4.98 Å². The zero-order valence-corrected chi connectivity index (χ0v) is 17.3. The molecule has 6 nitrogen and oxygen atoms in total. The number of benzene rings is 2. The number of rotatable bonds is 5. The van der Waals surface area contributed by atoms with Gasteiger partial charge in [0.05, 0.1) is 0 Å². The molecule has 0 atom stereocenters. The molecule has 0 spiro atoms. The van der Waals surface area contributed by atoms with E-state index in [1.165, 1.54) is 16.8 Å². The molecule has 2 aromatic carbocycles. The standard InChI is InChI=1S/C23H28N6/c1-17-5-4-6-18(2)22(17)27-23-24-12-11-21(26-23)25-19-7-9-20(10-8-19)29-15-13-28(3)14-16-29/h4-12H,13-16H2,1-3H3,(H2,24,25,26,27). The zero-order chi connectivity index (χ0) is 20.2. The van der Waals surface area contributed by atoms with Gasteiger partial charge in [-0.05, 0) is 62.4 Å². The van der Waals surface area contributed by atoms with E-state index >= 15 is 0 Å². The number of likely N-dealkylation sites (N-methyl/N-ethyl adjacent to an activating group) is 1. The summed E-state index contributed by atoms with van der Waals surface area (Å²) in [5, 5.41) is 6.73. The fraction of sp³-hybridized carbons (Fsp3) is 0.304. The first-order valence-electron chi connectivity index (χ1n) is 10.1. The second-order valence-electron chi connectivity index (χ2n) is 7.62. The molecule has 4 rings (SSSR count). The number of aryl methyl sites for hydroxylation is 2. The van der Waals surface area contributed by atoms with Crippen molar-refractivity contribution < 1.29 is 0 Å². The molecule has 1 fully saturated rings. The highest BCUT2D eigenvalue weighted by Gasteiger charge is 2.14. The van der Waals surface area contributed by atoms with E-state index in [1.54, 1.807) is 6.20 Å². The highest BCUT2D eigenvalue weighted by atomic mass is 15.2. The lowest BCUT2D eigenvalue weighted by atomic mass is 10.1. The Bertz CT molecular complexity index is 941. The number of hydrogen-bond acceptors (Lipinski definition) is 6. The van der Waals surface area contributed by atoms with Crippen molar-refractivity contribution in [3.05, 3.63) is 65.9 Å². The van der Waals surface area contributed by atoms with Crippen molar-refractivity contribution in [2.75, 3.05) is 48.8 Å². The third kappa shape index (κ3) is 4.66. The Labute approximate surface area is 172 Å². The quantitative estimate of drug-likeness (QED) is 0.678. The summed E-state index contributed by atoms with van der Waals surface area (Å²) in [4.78, 5) is 13.8. The van der Waals surface area contributed by atoms with Gasteiger partial charge in [-0.2, -0.15) is 4.98 Å². The maximum absolute atomic E-state index is 4.62. The van der Waals surface area contributed by atoms with Crippen LogP contribution in [-0.4, -0.2) is 48.1 Å². The van der Waals surface area contributed by atoms with Gasteiger partial charge < -0.3 is 20.4 Å². The van der Waals surface area contributed by atoms with Crippen LogP contribution in [0.15, 0.2) is 54.7 Å². The summed E-state index contributed by atoms with van der Waals surface area (Å²) < 4.78 is 0. The molecule has 2 heterocycles. The molecular formula is C23H28N6. The Morgan fingerprint density at radius 2 is 1.52 bits per heavy atom. The van der Waals surface area contributed by atoms with Crippen LogP contribution in [0.1, 0.15) is 11.1 Å². The minimum atomic E-state index is 0.585. The fourth-order valence-corrected chi connectivity index (χ4v) is 3.58. The van der Waals surface area contributed by atoms with E-state index in [1.807, 2.05) is 6.07 Å². The maximum atomic E-state index is 4.62. The second kappa shape index (κ2) is 8.49. The molecule has 6 heteroatoms. The van der Waals surface area contributed by atoms with E-state index < -0.39 is 0 Å². The Morgan fingerprint density at radius 1 is 0.828 bits per heavy atom. The minimum absolute atomic E-state index is 0.585. The summed E-state index contributed by atoms with van der Waals surface area (Å²) in [5.41, 5.74) is 5.68. The Balaban J connectivity index is 1.44. The number of anilines is 5. The molecule has 0 unspecified atom stereocenters. The summed E-state index contributed by atoms with van der Waals surface area (Å²) in [5.74, 6) is 1.35. The number of piperazine rings is 1. The van der Waals surface area contributed by atoms with Gasteiger partial charge in [0.2, 0.25) is 5.95 Å². The minimum Gasteiger partial charge on any atom is -0.369 e. The highest BCUT2D eigenvalue weighted by molar-refractivity contribution is 5.65. The lowest BCUT2D eigenvalue weighted by molar-refractivity contribution is 0.313. The van der Waals surface area contributed by atoms with Crippen molar-refractivity contribution in [3.63, 3.8) is 0 Å². The molecule has 0 radical (unpaired) electrons. The van der Waals surface area contributed by atoms with E-state index in [4.69, 9.17) is 0 Å². The third-order valence-electron chi connectivity index (χ3n) is 5.38. The van der Waals surface area contributed by atoms with Crippen LogP contribution in [0.4, 0.5) is 28.8 Å². The van der Waals surface area contributed by atoms with Crippen LogP contribution < -0.4 is 15.5 Å². The molecule has 2 N–H and O–H groups in total. The summed E-state index contributed by atoms with van der Waals surface area (Å²) in [6.07, 6.45) is 1.77. The molecular weight excluding hydrogens is 360 g/mol. The van der Waals surface area contributed by atoms with E-state index in [9.17, 15) is 0 Å². The second-order valence-corrected chi connectivity index (χ2v) is 7.62. The Morgan fingerprint density at radius 3 is 2.21 bits per heavy atom. The molecule has 0 saturated carbocycles. The van der Waals surface area contributed by atoms with Crippen LogP contribution in [0.3, 0.4) is 0 Å². The molecule has 1 aliphatic heterocycles. The Hall–Kier alpha value is -3.12. The average Bonchev–Trinajstić information content (AvgIpc) is 2.72. The predicted octanol–water partition coefficient (Wildman–Crippen LogP) is 4.33. The molecule has 1 aliphatic rings. The number of nitrogens with zero attached hydrogens (tertiary/aromatic N) is 4. The van der Waals surface area contributed by atoms with Crippen LogP contribution in [0, 0.1) is 13.8 Å². The average molecular weight is 389 g/mol. The third-order valence-corrected chi connectivity index (χ3v) is 5.38. The van der Waals surface area contributed by atoms with E-state index in [0.29, 0.717) is 5.95 Å². The number of aromatic nitrogens is 2. The Kier molecular flexibility index (Phi) is 5.62. The summed E-state index contributed by atoms with van der Waals surface area (Å²) in [6.45, 7) is 8.53. The molecule has 3 aromatic rings. The molecule has 0 amide bonds. The largest absolute Gasteiger partial charge is 0.369 e. The molecule has 0 bridgehead atoms.